The Kier molecular flexibility index (Phi) is 14.6. The number of carbonyl (C=O) groups excluding carboxylic acids is 3. The summed E-state index contributed by atoms with van der Waals surface area (Å²) in [5, 5.41) is 22.8. The number of aliphatic hydroxyl groups is 1. The summed E-state index contributed by atoms with van der Waals surface area (Å²) >= 11 is 2.64. The van der Waals surface area contributed by atoms with Crippen LogP contribution in [-0.2, 0) is 27.3 Å². The molecule has 0 saturated heterocycles. The first-order valence-corrected chi connectivity index (χ1v) is 15.0. The van der Waals surface area contributed by atoms with E-state index in [4.69, 9.17) is 19.7 Å². The fraction of sp³-hybridized carbons (Fsp3) is 0.481. The smallest absolute Gasteiger partial charge is 0.407 e. The summed E-state index contributed by atoms with van der Waals surface area (Å²) in [6, 6.07) is 6.75. The second kappa shape index (κ2) is 16.8. The standard InChI is InChI=1S/C14H20N2O5S.C13H18N2O4S/c1-14(2,3)21-13(19)15-7-9-5-6-10(22-4)11(16-9)12(18)20-8-17;1-13(2,3)19-12(18)14-7-8-5-6-9(20-4)10(15-8)11(16)17/h5-6,17H,7-8H2,1-4H3,(H,15,19);5-6H,7H2,1-4H3,(H,14,18)(H,16,17). The topological polar surface area (TPSA) is 186 Å². The summed E-state index contributed by atoms with van der Waals surface area (Å²) in [6.45, 7) is 10.1. The first kappa shape index (κ1) is 36.5. The third-order valence-electron chi connectivity index (χ3n) is 4.49. The number of carboxylic acid groups (broad SMARTS) is 1. The highest BCUT2D eigenvalue weighted by molar-refractivity contribution is 7.98. The third kappa shape index (κ3) is 13.9. The summed E-state index contributed by atoms with van der Waals surface area (Å²) in [6.07, 6.45) is 2.45. The number of carboxylic acids is 1. The highest BCUT2D eigenvalue weighted by Crippen LogP contribution is 2.21. The molecule has 2 amide bonds. The Morgan fingerprint density at radius 3 is 1.52 bits per heavy atom. The van der Waals surface area contributed by atoms with Crippen LogP contribution in [0.25, 0.3) is 0 Å². The average molecular weight is 627 g/mol. The Balaban J connectivity index is 0.000000422. The molecule has 0 aliphatic rings. The number of esters is 1. The molecule has 0 unspecified atom stereocenters. The van der Waals surface area contributed by atoms with Crippen LogP contribution in [0, 0.1) is 0 Å². The molecule has 4 N–H and O–H groups in total. The summed E-state index contributed by atoms with van der Waals surface area (Å²) in [5.74, 6) is -1.81. The summed E-state index contributed by atoms with van der Waals surface area (Å²) in [7, 11) is 0. The van der Waals surface area contributed by atoms with Gasteiger partial charge in [0.1, 0.15) is 11.2 Å². The zero-order valence-corrected chi connectivity index (χ0v) is 26.5. The zero-order valence-electron chi connectivity index (χ0n) is 24.9. The van der Waals surface area contributed by atoms with Gasteiger partial charge in [-0.1, -0.05) is 0 Å². The number of alkyl carbamates (subject to hydrolysis) is 2. The first-order valence-electron chi connectivity index (χ1n) is 12.5. The van der Waals surface area contributed by atoms with Crippen molar-refractivity contribution in [1.29, 1.82) is 0 Å². The number of nitrogens with one attached hydrogen (secondary N) is 2. The molecular formula is C27H38N4O9S2. The highest BCUT2D eigenvalue weighted by atomic mass is 32.2. The van der Waals surface area contributed by atoms with Gasteiger partial charge in [0.15, 0.2) is 18.2 Å². The number of pyridine rings is 2. The predicted octanol–water partition coefficient (Wildman–Crippen LogP) is 4.46. The van der Waals surface area contributed by atoms with Crippen molar-refractivity contribution < 1.29 is 43.6 Å². The van der Waals surface area contributed by atoms with Gasteiger partial charge in [0.2, 0.25) is 0 Å². The van der Waals surface area contributed by atoms with Gasteiger partial charge in [0, 0.05) is 9.79 Å². The van der Waals surface area contributed by atoms with E-state index >= 15 is 0 Å². The number of thioether (sulfide) groups is 2. The van der Waals surface area contributed by atoms with Crippen LogP contribution in [-0.4, -0.2) is 74.8 Å². The molecule has 15 heteroatoms. The second-order valence-corrected chi connectivity index (χ2v) is 12.0. The van der Waals surface area contributed by atoms with E-state index in [2.05, 4.69) is 25.3 Å². The molecule has 2 rings (SSSR count). The van der Waals surface area contributed by atoms with Crippen molar-refractivity contribution in [3.8, 4) is 0 Å². The van der Waals surface area contributed by atoms with E-state index < -0.39 is 42.1 Å². The lowest BCUT2D eigenvalue weighted by Gasteiger charge is -2.19. The first-order chi connectivity index (χ1) is 19.5. The maximum Gasteiger partial charge on any atom is 0.407 e. The van der Waals surface area contributed by atoms with Gasteiger partial charge >= 0.3 is 24.1 Å². The molecule has 0 saturated carbocycles. The van der Waals surface area contributed by atoms with Crippen molar-refractivity contribution in [2.24, 2.45) is 0 Å². The van der Waals surface area contributed by atoms with E-state index in [1.54, 1.807) is 78.3 Å². The van der Waals surface area contributed by atoms with Crippen LogP contribution in [0.3, 0.4) is 0 Å². The molecule has 2 aromatic rings. The number of carbonyl (C=O) groups is 4. The van der Waals surface area contributed by atoms with Crippen LogP contribution >= 0.6 is 23.5 Å². The van der Waals surface area contributed by atoms with Gasteiger partial charge in [-0.15, -0.1) is 23.5 Å². The van der Waals surface area contributed by atoms with Crippen LogP contribution in [0.2, 0.25) is 0 Å². The van der Waals surface area contributed by atoms with Crippen molar-refractivity contribution >= 4 is 47.6 Å². The van der Waals surface area contributed by atoms with Crippen LogP contribution in [0.4, 0.5) is 9.59 Å². The van der Waals surface area contributed by atoms with Crippen LogP contribution in [0.1, 0.15) is 73.9 Å². The Labute approximate surface area is 253 Å². The van der Waals surface area contributed by atoms with Gasteiger partial charge < -0.3 is 35.1 Å². The lowest BCUT2D eigenvalue weighted by molar-refractivity contribution is 0.00576. The quantitative estimate of drug-likeness (QED) is 0.132. The molecule has 0 bridgehead atoms. The van der Waals surface area contributed by atoms with Crippen LogP contribution in [0.5, 0.6) is 0 Å². The maximum atomic E-state index is 11.7. The maximum absolute atomic E-state index is 11.7. The molecular weight excluding hydrogens is 588 g/mol. The van der Waals surface area contributed by atoms with Gasteiger partial charge in [-0.05, 0) is 78.3 Å². The molecule has 232 valence electrons. The van der Waals surface area contributed by atoms with Gasteiger partial charge in [-0.25, -0.2) is 29.1 Å². The van der Waals surface area contributed by atoms with Gasteiger partial charge in [0.25, 0.3) is 0 Å². The number of aliphatic hydroxyl groups excluding tert-OH is 1. The number of aromatic nitrogens is 2. The molecule has 0 aliphatic heterocycles. The Bertz CT molecular complexity index is 1250. The minimum Gasteiger partial charge on any atom is -0.476 e. The van der Waals surface area contributed by atoms with Crippen molar-refractivity contribution in [2.75, 3.05) is 19.3 Å². The summed E-state index contributed by atoms with van der Waals surface area (Å²) < 4.78 is 14.7. The minimum atomic E-state index is -1.09. The monoisotopic (exact) mass is 626 g/mol. The lowest BCUT2D eigenvalue weighted by Crippen LogP contribution is -2.32. The molecule has 2 aromatic heterocycles. The van der Waals surface area contributed by atoms with Crippen molar-refractivity contribution in [3.05, 3.63) is 47.0 Å². The van der Waals surface area contributed by atoms with Crippen molar-refractivity contribution in [1.82, 2.24) is 20.6 Å². The third-order valence-corrected chi connectivity index (χ3v) is 6.03. The number of amides is 2. The average Bonchev–Trinajstić information content (AvgIpc) is 2.89. The van der Waals surface area contributed by atoms with E-state index in [-0.39, 0.29) is 24.5 Å². The van der Waals surface area contributed by atoms with Crippen molar-refractivity contribution in [2.45, 2.75) is 75.6 Å². The van der Waals surface area contributed by atoms with E-state index in [0.717, 1.165) is 0 Å². The normalized spacial score (nSPS) is 11.0. The molecule has 0 spiro atoms. The molecule has 0 aliphatic carbocycles. The molecule has 0 aromatic carbocycles. The number of rotatable bonds is 9. The number of nitrogens with zero attached hydrogens (tertiary/aromatic N) is 2. The fourth-order valence-corrected chi connectivity index (χ4v) is 3.94. The largest absolute Gasteiger partial charge is 0.476 e. The molecule has 0 fully saturated rings. The summed E-state index contributed by atoms with van der Waals surface area (Å²) in [5.41, 5.74) is -0.131. The molecule has 13 nitrogen and oxygen atoms in total. The van der Waals surface area contributed by atoms with E-state index in [1.165, 1.54) is 23.5 Å². The highest BCUT2D eigenvalue weighted by Gasteiger charge is 2.19. The number of aromatic carboxylic acids is 1. The summed E-state index contributed by atoms with van der Waals surface area (Å²) in [4.78, 5) is 55.3. The molecule has 2 heterocycles. The fourth-order valence-electron chi connectivity index (χ4n) is 2.88. The van der Waals surface area contributed by atoms with E-state index in [0.29, 0.717) is 21.2 Å². The molecule has 0 atom stereocenters. The van der Waals surface area contributed by atoms with Crippen LogP contribution < -0.4 is 10.6 Å². The number of hydrogen-bond donors (Lipinski definition) is 4. The zero-order chi connectivity index (χ0) is 32.1. The lowest BCUT2D eigenvalue weighted by atomic mass is 10.2. The van der Waals surface area contributed by atoms with Gasteiger partial charge in [-0.3, -0.25) is 0 Å². The van der Waals surface area contributed by atoms with Crippen LogP contribution in [0.15, 0.2) is 34.1 Å². The Hall–Kier alpha value is -3.56. The number of ether oxygens (including phenoxy) is 3. The predicted molar refractivity (Wildman–Crippen MR) is 158 cm³/mol. The van der Waals surface area contributed by atoms with Gasteiger partial charge in [0.05, 0.1) is 24.5 Å². The Morgan fingerprint density at radius 1 is 0.762 bits per heavy atom. The minimum absolute atomic E-state index is 0.0130. The Morgan fingerprint density at radius 2 is 1.17 bits per heavy atom. The van der Waals surface area contributed by atoms with E-state index in [1.807, 2.05) is 0 Å². The SMILES string of the molecule is CSc1ccc(CNC(=O)OC(C)(C)C)nc1C(=O)O.CSc1ccc(CNC(=O)OC(C)(C)C)nc1C(=O)OCO. The second-order valence-electron chi connectivity index (χ2n) is 10.3. The number of hydrogen-bond acceptors (Lipinski definition) is 12. The molecule has 0 radical (unpaired) electrons. The van der Waals surface area contributed by atoms with E-state index in [9.17, 15) is 19.2 Å². The van der Waals surface area contributed by atoms with Gasteiger partial charge in [-0.2, -0.15) is 0 Å². The van der Waals surface area contributed by atoms with Crippen molar-refractivity contribution in [3.63, 3.8) is 0 Å². The molecule has 42 heavy (non-hydrogen) atoms.